The smallest absolute Gasteiger partial charge is 0.255 e. The van der Waals surface area contributed by atoms with E-state index >= 15 is 0 Å². The first-order valence-electron chi connectivity index (χ1n) is 10.3. The van der Waals surface area contributed by atoms with Crippen molar-refractivity contribution in [3.63, 3.8) is 0 Å². The lowest BCUT2D eigenvalue weighted by Crippen LogP contribution is -2.21. The predicted octanol–water partition coefficient (Wildman–Crippen LogP) is 3.73. The molecule has 1 atom stereocenters. The maximum atomic E-state index is 12.8. The van der Waals surface area contributed by atoms with Gasteiger partial charge in [0, 0.05) is 17.7 Å². The lowest BCUT2D eigenvalue weighted by atomic mass is 9.95. The van der Waals surface area contributed by atoms with Crippen LogP contribution in [0.15, 0.2) is 72.8 Å². The van der Waals surface area contributed by atoms with Crippen LogP contribution >= 0.6 is 0 Å². The van der Waals surface area contributed by atoms with E-state index in [1.165, 1.54) is 0 Å². The average Bonchev–Trinajstić information content (AvgIpc) is 3.22. The Bertz CT molecular complexity index is 1250. The van der Waals surface area contributed by atoms with Gasteiger partial charge in [0.05, 0.1) is 12.1 Å². The van der Waals surface area contributed by atoms with E-state index in [0.29, 0.717) is 17.8 Å². The van der Waals surface area contributed by atoms with E-state index in [-0.39, 0.29) is 18.2 Å². The standard InChI is InChI=1S/C24H23N5O3/c1-16(14-23(30)27-32)19-6-2-3-7-20(19)25-24(31)18-12-10-17(11-13-18)15-29-22-9-5-4-8-21(22)26-28-29/h2-13,16,32H,14-15H2,1H3,(H,25,31)(H,27,30). The molecular formula is C24H23N5O3. The third-order valence-corrected chi connectivity index (χ3v) is 5.32. The summed E-state index contributed by atoms with van der Waals surface area (Å²) in [5.41, 5.74) is 6.41. The Kier molecular flexibility index (Phi) is 6.23. The van der Waals surface area contributed by atoms with E-state index < -0.39 is 5.91 Å². The number of carbonyl (C=O) groups excluding carboxylic acids is 2. The van der Waals surface area contributed by atoms with Crippen LogP contribution in [-0.2, 0) is 11.3 Å². The maximum absolute atomic E-state index is 12.8. The first-order chi connectivity index (χ1) is 15.5. The Labute approximate surface area is 184 Å². The molecule has 1 heterocycles. The van der Waals surface area contributed by atoms with E-state index in [1.807, 2.05) is 66.2 Å². The lowest BCUT2D eigenvalue weighted by Gasteiger charge is -2.16. The van der Waals surface area contributed by atoms with Crippen LogP contribution in [0, 0.1) is 0 Å². The molecule has 8 heteroatoms. The number of aromatic nitrogens is 3. The molecule has 0 saturated carbocycles. The van der Waals surface area contributed by atoms with Crippen LogP contribution in [-0.4, -0.2) is 32.0 Å². The minimum Gasteiger partial charge on any atom is -0.322 e. The van der Waals surface area contributed by atoms with Crippen LogP contribution in [0.5, 0.6) is 0 Å². The Morgan fingerprint density at radius 3 is 2.50 bits per heavy atom. The molecule has 0 aliphatic carbocycles. The summed E-state index contributed by atoms with van der Waals surface area (Å²) in [7, 11) is 0. The fraction of sp³-hybridized carbons (Fsp3) is 0.167. The number of anilines is 1. The highest BCUT2D eigenvalue weighted by molar-refractivity contribution is 6.04. The minimum atomic E-state index is -0.477. The largest absolute Gasteiger partial charge is 0.322 e. The molecule has 0 saturated heterocycles. The van der Waals surface area contributed by atoms with Crippen LogP contribution in [0.2, 0.25) is 0 Å². The summed E-state index contributed by atoms with van der Waals surface area (Å²) in [4.78, 5) is 24.3. The summed E-state index contributed by atoms with van der Waals surface area (Å²) in [6.07, 6.45) is 0.106. The number of hydrogen-bond acceptors (Lipinski definition) is 5. The van der Waals surface area contributed by atoms with Crippen molar-refractivity contribution in [1.82, 2.24) is 20.5 Å². The molecule has 1 aromatic heterocycles. The fourth-order valence-electron chi connectivity index (χ4n) is 3.64. The highest BCUT2D eigenvalue weighted by Crippen LogP contribution is 2.27. The maximum Gasteiger partial charge on any atom is 0.255 e. The van der Waals surface area contributed by atoms with Gasteiger partial charge < -0.3 is 5.32 Å². The fourth-order valence-corrected chi connectivity index (χ4v) is 3.64. The van der Waals surface area contributed by atoms with Crippen LogP contribution in [0.4, 0.5) is 5.69 Å². The van der Waals surface area contributed by atoms with Crippen molar-refractivity contribution < 1.29 is 14.8 Å². The number of benzene rings is 3. The van der Waals surface area contributed by atoms with Crippen LogP contribution < -0.4 is 10.8 Å². The van der Waals surface area contributed by atoms with Gasteiger partial charge in [-0.15, -0.1) is 5.10 Å². The van der Waals surface area contributed by atoms with Gasteiger partial charge in [-0.1, -0.05) is 54.6 Å². The van der Waals surface area contributed by atoms with E-state index in [4.69, 9.17) is 5.21 Å². The Morgan fingerprint density at radius 2 is 1.72 bits per heavy atom. The van der Waals surface area contributed by atoms with Crippen molar-refractivity contribution >= 4 is 28.5 Å². The number of hydrogen-bond donors (Lipinski definition) is 3. The molecule has 0 fully saturated rings. The second-order valence-corrected chi connectivity index (χ2v) is 7.61. The molecule has 1 unspecified atom stereocenters. The first-order valence-corrected chi connectivity index (χ1v) is 10.3. The molecule has 32 heavy (non-hydrogen) atoms. The molecule has 162 valence electrons. The molecule has 0 radical (unpaired) electrons. The molecule has 4 aromatic rings. The zero-order valence-corrected chi connectivity index (χ0v) is 17.5. The van der Waals surface area contributed by atoms with Crippen molar-refractivity contribution in [2.75, 3.05) is 5.32 Å². The van der Waals surface area contributed by atoms with Crippen molar-refractivity contribution in [3.8, 4) is 0 Å². The van der Waals surface area contributed by atoms with Crippen LogP contribution in [0.25, 0.3) is 11.0 Å². The summed E-state index contributed by atoms with van der Waals surface area (Å²) in [6, 6.07) is 22.4. The predicted molar refractivity (Wildman–Crippen MR) is 120 cm³/mol. The van der Waals surface area contributed by atoms with Gasteiger partial charge >= 0.3 is 0 Å². The zero-order valence-electron chi connectivity index (χ0n) is 17.5. The van der Waals surface area contributed by atoms with E-state index in [1.54, 1.807) is 23.7 Å². The molecule has 3 aromatic carbocycles. The normalized spacial score (nSPS) is 11.8. The second-order valence-electron chi connectivity index (χ2n) is 7.61. The number of nitrogens with zero attached hydrogens (tertiary/aromatic N) is 3. The quantitative estimate of drug-likeness (QED) is 0.306. The Hall–Kier alpha value is -4.04. The summed E-state index contributed by atoms with van der Waals surface area (Å²) in [5, 5.41) is 20.1. The number of carbonyl (C=O) groups is 2. The minimum absolute atomic E-state index is 0.106. The number of hydroxylamine groups is 1. The van der Waals surface area contributed by atoms with Gasteiger partial charge in [0.2, 0.25) is 5.91 Å². The molecule has 8 nitrogen and oxygen atoms in total. The SMILES string of the molecule is CC(CC(=O)NO)c1ccccc1NC(=O)c1ccc(Cn2nnc3ccccc32)cc1. The van der Waals surface area contributed by atoms with Gasteiger partial charge in [-0.05, 0) is 47.4 Å². The van der Waals surface area contributed by atoms with E-state index in [2.05, 4.69) is 15.6 Å². The van der Waals surface area contributed by atoms with Gasteiger partial charge in [0.1, 0.15) is 5.52 Å². The molecule has 0 bridgehead atoms. The molecule has 3 N–H and O–H groups in total. The number of para-hydroxylation sites is 2. The molecule has 4 rings (SSSR count). The highest BCUT2D eigenvalue weighted by Gasteiger charge is 2.16. The van der Waals surface area contributed by atoms with Crippen molar-refractivity contribution in [2.45, 2.75) is 25.8 Å². The first kappa shape index (κ1) is 21.2. The van der Waals surface area contributed by atoms with Gasteiger partial charge in [0.15, 0.2) is 0 Å². The third-order valence-electron chi connectivity index (χ3n) is 5.32. The van der Waals surface area contributed by atoms with Crippen LogP contribution in [0.1, 0.15) is 40.7 Å². The molecule has 2 amide bonds. The lowest BCUT2D eigenvalue weighted by molar-refractivity contribution is -0.129. The monoisotopic (exact) mass is 429 g/mol. The number of rotatable bonds is 7. The summed E-state index contributed by atoms with van der Waals surface area (Å²) in [6.45, 7) is 2.42. The number of fused-ring (bicyclic) bond motifs is 1. The molecular weight excluding hydrogens is 406 g/mol. The van der Waals surface area contributed by atoms with Gasteiger partial charge in [-0.2, -0.15) is 0 Å². The molecule has 0 spiro atoms. The molecule has 0 aliphatic rings. The Morgan fingerprint density at radius 1 is 1.00 bits per heavy atom. The number of nitrogens with one attached hydrogen (secondary N) is 2. The van der Waals surface area contributed by atoms with Crippen molar-refractivity contribution in [1.29, 1.82) is 0 Å². The zero-order chi connectivity index (χ0) is 22.5. The topological polar surface area (TPSA) is 109 Å². The van der Waals surface area contributed by atoms with Crippen LogP contribution in [0.3, 0.4) is 0 Å². The summed E-state index contributed by atoms with van der Waals surface area (Å²) >= 11 is 0. The Balaban J connectivity index is 1.46. The summed E-state index contributed by atoms with van der Waals surface area (Å²) in [5.74, 6) is -0.901. The van der Waals surface area contributed by atoms with Crippen molar-refractivity contribution in [3.05, 3.63) is 89.5 Å². The number of amides is 2. The third kappa shape index (κ3) is 4.65. The van der Waals surface area contributed by atoms with Gasteiger partial charge in [-0.25, -0.2) is 10.2 Å². The van der Waals surface area contributed by atoms with Gasteiger partial charge in [0.25, 0.3) is 5.91 Å². The van der Waals surface area contributed by atoms with E-state index in [0.717, 1.165) is 22.2 Å². The van der Waals surface area contributed by atoms with E-state index in [9.17, 15) is 9.59 Å². The average molecular weight is 429 g/mol. The highest BCUT2D eigenvalue weighted by atomic mass is 16.5. The van der Waals surface area contributed by atoms with Crippen molar-refractivity contribution in [2.24, 2.45) is 0 Å². The second kappa shape index (κ2) is 9.40. The summed E-state index contributed by atoms with van der Waals surface area (Å²) < 4.78 is 1.82. The molecule has 0 aliphatic heterocycles. The van der Waals surface area contributed by atoms with Gasteiger partial charge in [-0.3, -0.25) is 14.8 Å².